The van der Waals surface area contributed by atoms with Gasteiger partial charge in [0.05, 0.1) is 0 Å². The number of fused-ring (bicyclic) bond motifs is 5. The quantitative estimate of drug-likeness (QED) is 0.127. The van der Waals surface area contributed by atoms with Crippen molar-refractivity contribution in [1.82, 2.24) is 9.97 Å². The standard InChI is InChI=1S/C64H42N4O2/c1-3-13-43(14-4-1)47-17-11-19-53(39-47)67(51-31-27-45(28-32-51)63-65-59-21-7-9-23-61(59)69-63)55-35-37-57-49(41-55)25-26-50-42-56(36-38-58(50)57)68(54-20-12-18-48(40-54)44-15-5-2-6-16-44)52-33-29-46(30-34-52)64-66-60-22-8-10-24-62(60)70-64/h1-42H. The Morgan fingerprint density at radius 1 is 0.257 bits per heavy atom. The van der Waals surface area contributed by atoms with E-state index < -0.39 is 0 Å². The van der Waals surface area contributed by atoms with E-state index in [4.69, 9.17) is 18.8 Å². The highest BCUT2D eigenvalue weighted by Crippen LogP contribution is 2.43. The van der Waals surface area contributed by atoms with E-state index in [0.29, 0.717) is 11.8 Å². The summed E-state index contributed by atoms with van der Waals surface area (Å²) in [6.07, 6.45) is 0. The van der Waals surface area contributed by atoms with Crippen LogP contribution >= 0.6 is 0 Å². The van der Waals surface area contributed by atoms with Crippen molar-refractivity contribution in [2.45, 2.75) is 0 Å². The highest BCUT2D eigenvalue weighted by Gasteiger charge is 2.19. The van der Waals surface area contributed by atoms with Crippen molar-refractivity contribution in [1.29, 1.82) is 0 Å². The zero-order valence-electron chi connectivity index (χ0n) is 37.9. The van der Waals surface area contributed by atoms with E-state index in [1.54, 1.807) is 0 Å². The average Bonchev–Trinajstić information content (AvgIpc) is 4.08. The second-order valence-corrected chi connectivity index (χ2v) is 17.4. The van der Waals surface area contributed by atoms with Gasteiger partial charge < -0.3 is 18.6 Å². The zero-order chi connectivity index (χ0) is 46.4. The predicted octanol–water partition coefficient (Wildman–Crippen LogP) is 17.9. The Labute approximate surface area is 404 Å². The molecule has 6 nitrogen and oxygen atoms in total. The van der Waals surface area contributed by atoms with Crippen LogP contribution in [0, 0.1) is 0 Å². The second-order valence-electron chi connectivity index (χ2n) is 17.4. The fraction of sp³-hybridized carbons (Fsp3) is 0. The van der Waals surface area contributed by atoms with Crippen LogP contribution in [0.2, 0.25) is 0 Å². The molecule has 0 saturated heterocycles. The van der Waals surface area contributed by atoms with E-state index in [2.05, 4.69) is 216 Å². The minimum absolute atomic E-state index is 0.601. The third-order valence-electron chi connectivity index (χ3n) is 13.1. The fourth-order valence-electron chi connectivity index (χ4n) is 9.63. The van der Waals surface area contributed by atoms with E-state index in [0.717, 1.165) is 89.4 Å². The summed E-state index contributed by atoms with van der Waals surface area (Å²) < 4.78 is 12.3. The lowest BCUT2D eigenvalue weighted by Crippen LogP contribution is -2.10. The molecule has 0 saturated carbocycles. The van der Waals surface area contributed by atoms with Crippen LogP contribution in [-0.4, -0.2) is 9.97 Å². The number of oxazole rings is 2. The first kappa shape index (κ1) is 40.7. The molecule has 70 heavy (non-hydrogen) atoms. The average molecular weight is 899 g/mol. The summed E-state index contributed by atoms with van der Waals surface area (Å²) in [5, 5.41) is 4.65. The Morgan fingerprint density at radius 3 is 1.06 bits per heavy atom. The summed E-state index contributed by atoms with van der Waals surface area (Å²) >= 11 is 0. The van der Waals surface area contributed by atoms with Gasteiger partial charge in [-0.15, -0.1) is 0 Å². The van der Waals surface area contributed by atoms with Gasteiger partial charge in [-0.05, 0) is 165 Å². The van der Waals surface area contributed by atoms with Crippen LogP contribution in [0.3, 0.4) is 0 Å². The molecule has 2 heterocycles. The number of hydrogen-bond donors (Lipinski definition) is 0. The minimum atomic E-state index is 0.601. The highest BCUT2D eigenvalue weighted by atomic mass is 16.4. The van der Waals surface area contributed by atoms with Crippen molar-refractivity contribution < 1.29 is 8.83 Å². The van der Waals surface area contributed by atoms with Crippen LogP contribution in [0.5, 0.6) is 0 Å². The fourth-order valence-corrected chi connectivity index (χ4v) is 9.63. The first-order valence-electron chi connectivity index (χ1n) is 23.5. The monoisotopic (exact) mass is 898 g/mol. The molecule has 0 radical (unpaired) electrons. The molecule has 6 heteroatoms. The van der Waals surface area contributed by atoms with Gasteiger partial charge in [0.25, 0.3) is 0 Å². The molecule has 0 unspecified atom stereocenters. The zero-order valence-corrected chi connectivity index (χ0v) is 37.9. The summed E-state index contributed by atoms with van der Waals surface area (Å²) in [5.41, 5.74) is 15.9. The molecular weight excluding hydrogens is 857 g/mol. The lowest BCUT2D eigenvalue weighted by atomic mass is 9.99. The van der Waals surface area contributed by atoms with Crippen molar-refractivity contribution in [3.8, 4) is 45.2 Å². The molecule has 0 amide bonds. The topological polar surface area (TPSA) is 58.5 Å². The molecule has 0 bridgehead atoms. The van der Waals surface area contributed by atoms with Crippen LogP contribution in [-0.2, 0) is 0 Å². The van der Waals surface area contributed by atoms with Gasteiger partial charge in [0.15, 0.2) is 11.2 Å². The van der Waals surface area contributed by atoms with E-state index >= 15 is 0 Å². The summed E-state index contributed by atoms with van der Waals surface area (Å²) in [7, 11) is 0. The third kappa shape index (κ3) is 7.60. The van der Waals surface area contributed by atoms with Crippen molar-refractivity contribution in [2.24, 2.45) is 0 Å². The Bertz CT molecular complexity index is 3680. The van der Waals surface area contributed by atoms with E-state index in [1.165, 1.54) is 21.9 Å². The van der Waals surface area contributed by atoms with E-state index in [1.807, 2.05) is 48.5 Å². The normalized spacial score (nSPS) is 11.4. The number of para-hydroxylation sites is 4. The molecule has 13 aromatic rings. The van der Waals surface area contributed by atoms with Crippen LogP contribution < -0.4 is 9.80 Å². The van der Waals surface area contributed by atoms with Gasteiger partial charge in [-0.1, -0.05) is 133 Å². The first-order valence-corrected chi connectivity index (χ1v) is 23.5. The van der Waals surface area contributed by atoms with E-state index in [9.17, 15) is 0 Å². The second kappa shape index (κ2) is 17.3. The van der Waals surface area contributed by atoms with Gasteiger partial charge in [-0.3, -0.25) is 0 Å². The molecule has 13 rings (SSSR count). The Morgan fingerprint density at radius 2 is 0.629 bits per heavy atom. The van der Waals surface area contributed by atoms with Crippen LogP contribution in [0.1, 0.15) is 0 Å². The maximum absolute atomic E-state index is 6.15. The number of benzene rings is 11. The van der Waals surface area contributed by atoms with Crippen molar-refractivity contribution in [3.63, 3.8) is 0 Å². The molecule has 0 spiro atoms. The third-order valence-corrected chi connectivity index (χ3v) is 13.1. The molecule has 0 N–H and O–H groups in total. The van der Waals surface area contributed by atoms with Gasteiger partial charge in [0.1, 0.15) is 11.0 Å². The number of anilines is 6. The number of hydrogen-bond acceptors (Lipinski definition) is 6. The molecule has 0 fully saturated rings. The SMILES string of the molecule is c1ccc(-c2cccc(N(c3ccc(-c4nc5ccccc5o4)cc3)c3ccc4c(ccc5cc(N(c6ccc(-c7nc8ccccc8o7)cc6)c6cccc(-c7ccccc7)c6)ccc54)c3)c2)cc1. The molecule has 330 valence electrons. The molecule has 0 atom stereocenters. The Kier molecular flexibility index (Phi) is 10.1. The molecular formula is C64H42N4O2. The molecule has 2 aromatic heterocycles. The summed E-state index contributed by atoms with van der Waals surface area (Å²) in [4.78, 5) is 14.2. The number of aromatic nitrogens is 2. The van der Waals surface area contributed by atoms with Crippen LogP contribution in [0.15, 0.2) is 264 Å². The molecule has 0 aliphatic rings. The van der Waals surface area contributed by atoms with Crippen LogP contribution in [0.4, 0.5) is 34.1 Å². The molecule has 0 aliphatic heterocycles. The summed E-state index contributed by atoms with van der Waals surface area (Å²) in [6, 6.07) is 89.4. The van der Waals surface area contributed by atoms with Crippen LogP contribution in [0.25, 0.3) is 88.9 Å². The van der Waals surface area contributed by atoms with Crippen molar-refractivity contribution in [2.75, 3.05) is 9.80 Å². The van der Waals surface area contributed by atoms with Gasteiger partial charge in [-0.25, -0.2) is 9.97 Å². The predicted molar refractivity (Wildman–Crippen MR) is 288 cm³/mol. The summed E-state index contributed by atoms with van der Waals surface area (Å²) in [6.45, 7) is 0. The largest absolute Gasteiger partial charge is 0.436 e. The Hall–Kier alpha value is -9.52. The molecule has 0 aliphatic carbocycles. The lowest BCUT2D eigenvalue weighted by Gasteiger charge is -2.27. The smallest absolute Gasteiger partial charge is 0.227 e. The summed E-state index contributed by atoms with van der Waals surface area (Å²) in [5.74, 6) is 1.20. The minimum Gasteiger partial charge on any atom is -0.436 e. The first-order chi connectivity index (χ1) is 34.6. The highest BCUT2D eigenvalue weighted by molar-refractivity contribution is 6.10. The number of nitrogens with zero attached hydrogens (tertiary/aromatic N) is 4. The lowest BCUT2D eigenvalue weighted by molar-refractivity contribution is 0.619. The van der Waals surface area contributed by atoms with E-state index in [-0.39, 0.29) is 0 Å². The maximum atomic E-state index is 6.15. The van der Waals surface area contributed by atoms with Gasteiger partial charge in [-0.2, -0.15) is 0 Å². The van der Waals surface area contributed by atoms with Gasteiger partial charge >= 0.3 is 0 Å². The Balaban J connectivity index is 0.889. The van der Waals surface area contributed by atoms with Crippen molar-refractivity contribution in [3.05, 3.63) is 255 Å². The van der Waals surface area contributed by atoms with Gasteiger partial charge in [0, 0.05) is 45.3 Å². The maximum Gasteiger partial charge on any atom is 0.227 e. The molecule has 11 aromatic carbocycles. The van der Waals surface area contributed by atoms with Crippen molar-refractivity contribution >= 4 is 77.9 Å². The number of rotatable bonds is 10. The van der Waals surface area contributed by atoms with Gasteiger partial charge in [0.2, 0.25) is 11.8 Å².